The second-order valence-corrected chi connectivity index (χ2v) is 7.85. The fourth-order valence-electron chi connectivity index (χ4n) is 2.28. The molecule has 2 rings (SSSR count). The molecule has 1 saturated heterocycles. The molecule has 27 heavy (non-hydrogen) atoms. The maximum Gasteiger partial charge on any atom is 0.341 e. The van der Waals surface area contributed by atoms with E-state index in [1.807, 2.05) is 6.92 Å². The summed E-state index contributed by atoms with van der Waals surface area (Å²) in [4.78, 5) is 60.2. The number of imide groups is 1. The second kappa shape index (κ2) is 9.00. The summed E-state index contributed by atoms with van der Waals surface area (Å²) in [6.07, 6.45) is 0. The van der Waals surface area contributed by atoms with Crippen molar-refractivity contribution in [3.8, 4) is 0 Å². The van der Waals surface area contributed by atoms with E-state index in [9.17, 15) is 24.0 Å². The quantitative estimate of drug-likeness (QED) is 0.646. The molecule has 4 amide bonds. The van der Waals surface area contributed by atoms with E-state index in [-0.39, 0.29) is 41.5 Å². The number of thiophene rings is 1. The highest BCUT2D eigenvalue weighted by Gasteiger charge is 2.29. The third-order valence-corrected chi connectivity index (χ3v) is 5.69. The van der Waals surface area contributed by atoms with Gasteiger partial charge in [-0.1, -0.05) is 11.8 Å². The number of carbonyl (C=O) groups excluding carboxylic acids is 5. The maximum atomic E-state index is 12.3. The van der Waals surface area contributed by atoms with Crippen LogP contribution in [-0.2, 0) is 19.1 Å². The first kappa shape index (κ1) is 20.9. The monoisotopic (exact) mass is 413 g/mol. The van der Waals surface area contributed by atoms with Crippen LogP contribution in [0.5, 0.6) is 0 Å². The standard InChI is InChI=1S/C16H19N3O6S2/c1-8-9(2)27-14(18-10(3)20)13(8)15(23)25-6-11(21)17-4-5-19-12(22)7-26-16(19)24/h4-7H2,1-3H3,(H,17,21)(H,18,20). The van der Waals surface area contributed by atoms with Crippen molar-refractivity contribution in [1.82, 2.24) is 10.2 Å². The molecule has 11 heteroatoms. The minimum Gasteiger partial charge on any atom is -0.452 e. The number of thioether (sulfide) groups is 1. The SMILES string of the molecule is CC(=O)Nc1sc(C)c(C)c1C(=O)OCC(=O)NCCN1C(=O)CSC1=O. The van der Waals surface area contributed by atoms with Crippen LogP contribution in [0, 0.1) is 13.8 Å². The van der Waals surface area contributed by atoms with Crippen molar-refractivity contribution in [3.05, 3.63) is 16.0 Å². The van der Waals surface area contributed by atoms with Crippen molar-refractivity contribution in [2.75, 3.05) is 30.8 Å². The number of nitrogens with one attached hydrogen (secondary N) is 2. The lowest BCUT2D eigenvalue weighted by molar-refractivity contribution is -0.126. The molecule has 1 fully saturated rings. The number of rotatable bonds is 7. The van der Waals surface area contributed by atoms with E-state index < -0.39 is 18.5 Å². The Morgan fingerprint density at radius 3 is 2.52 bits per heavy atom. The summed E-state index contributed by atoms with van der Waals surface area (Å²) in [7, 11) is 0. The molecule has 0 bridgehead atoms. The van der Waals surface area contributed by atoms with Gasteiger partial charge in [0.1, 0.15) is 5.00 Å². The van der Waals surface area contributed by atoms with Crippen LogP contribution in [0.1, 0.15) is 27.7 Å². The van der Waals surface area contributed by atoms with Crippen molar-refractivity contribution in [2.24, 2.45) is 0 Å². The van der Waals surface area contributed by atoms with Crippen molar-refractivity contribution < 1.29 is 28.7 Å². The van der Waals surface area contributed by atoms with Crippen LogP contribution in [0.25, 0.3) is 0 Å². The summed E-state index contributed by atoms with van der Waals surface area (Å²) < 4.78 is 5.02. The summed E-state index contributed by atoms with van der Waals surface area (Å²) in [6, 6.07) is 0. The highest BCUT2D eigenvalue weighted by atomic mass is 32.2. The van der Waals surface area contributed by atoms with Gasteiger partial charge in [-0.3, -0.25) is 24.1 Å². The largest absolute Gasteiger partial charge is 0.452 e. The van der Waals surface area contributed by atoms with Gasteiger partial charge in [0.2, 0.25) is 11.8 Å². The molecule has 1 aliphatic heterocycles. The van der Waals surface area contributed by atoms with E-state index in [1.54, 1.807) is 6.92 Å². The van der Waals surface area contributed by atoms with Crippen molar-refractivity contribution in [3.63, 3.8) is 0 Å². The van der Waals surface area contributed by atoms with Crippen LogP contribution < -0.4 is 10.6 Å². The predicted molar refractivity (Wildman–Crippen MR) is 101 cm³/mol. The van der Waals surface area contributed by atoms with Gasteiger partial charge >= 0.3 is 5.97 Å². The summed E-state index contributed by atoms with van der Waals surface area (Å²) in [5.41, 5.74) is 0.906. The molecular weight excluding hydrogens is 394 g/mol. The van der Waals surface area contributed by atoms with E-state index in [2.05, 4.69) is 10.6 Å². The first-order valence-electron chi connectivity index (χ1n) is 7.99. The highest BCUT2D eigenvalue weighted by molar-refractivity contribution is 8.14. The number of esters is 1. The van der Waals surface area contributed by atoms with Crippen LogP contribution in [-0.4, -0.2) is 59.3 Å². The molecule has 0 atom stereocenters. The molecule has 2 heterocycles. The minimum atomic E-state index is -0.711. The molecule has 1 aromatic heterocycles. The molecular formula is C16H19N3O6S2. The van der Waals surface area contributed by atoms with Gasteiger partial charge in [0.25, 0.3) is 11.1 Å². The topological polar surface area (TPSA) is 122 Å². The molecule has 0 aliphatic carbocycles. The van der Waals surface area contributed by atoms with Gasteiger partial charge in [0.05, 0.1) is 11.3 Å². The maximum absolute atomic E-state index is 12.3. The Morgan fingerprint density at radius 1 is 1.22 bits per heavy atom. The summed E-state index contributed by atoms with van der Waals surface area (Å²) in [5.74, 6) is -1.76. The number of ether oxygens (including phenoxy) is 1. The van der Waals surface area contributed by atoms with Crippen molar-refractivity contribution in [1.29, 1.82) is 0 Å². The van der Waals surface area contributed by atoms with Crippen LogP contribution >= 0.6 is 23.1 Å². The number of amides is 4. The molecule has 0 spiro atoms. The Hall–Kier alpha value is -2.40. The molecule has 1 aromatic rings. The lowest BCUT2D eigenvalue weighted by Crippen LogP contribution is -2.38. The molecule has 0 aromatic carbocycles. The Kier molecular flexibility index (Phi) is 6.97. The third-order valence-electron chi connectivity index (χ3n) is 3.71. The molecule has 2 N–H and O–H groups in total. The van der Waals surface area contributed by atoms with Gasteiger partial charge in [-0.15, -0.1) is 11.3 Å². The first-order chi connectivity index (χ1) is 12.7. The van der Waals surface area contributed by atoms with E-state index in [1.165, 1.54) is 18.3 Å². The lowest BCUT2D eigenvalue weighted by atomic mass is 10.1. The third kappa shape index (κ3) is 5.30. The van der Waals surface area contributed by atoms with E-state index in [0.29, 0.717) is 10.6 Å². The van der Waals surface area contributed by atoms with E-state index in [0.717, 1.165) is 21.5 Å². The van der Waals surface area contributed by atoms with Gasteiger partial charge in [0.15, 0.2) is 6.61 Å². The summed E-state index contributed by atoms with van der Waals surface area (Å²) in [5, 5.41) is 5.11. The molecule has 9 nitrogen and oxygen atoms in total. The first-order valence-corrected chi connectivity index (χ1v) is 9.79. The molecule has 1 aliphatic rings. The number of hydrogen-bond acceptors (Lipinski definition) is 8. The van der Waals surface area contributed by atoms with Gasteiger partial charge in [-0.25, -0.2) is 4.79 Å². The zero-order valence-corrected chi connectivity index (χ0v) is 16.7. The Balaban J connectivity index is 1.84. The number of hydrogen-bond donors (Lipinski definition) is 2. The van der Waals surface area contributed by atoms with Crippen LogP contribution in [0.3, 0.4) is 0 Å². The number of anilines is 1. The van der Waals surface area contributed by atoms with Gasteiger partial charge in [0, 0.05) is 24.9 Å². The van der Waals surface area contributed by atoms with Crippen molar-refractivity contribution in [2.45, 2.75) is 20.8 Å². The molecule has 0 radical (unpaired) electrons. The average Bonchev–Trinajstić information content (AvgIpc) is 3.05. The second-order valence-electron chi connectivity index (χ2n) is 5.69. The zero-order valence-electron chi connectivity index (χ0n) is 15.0. The fraction of sp³-hybridized carbons (Fsp3) is 0.438. The zero-order chi connectivity index (χ0) is 20.1. The fourth-order valence-corrected chi connectivity index (χ4v) is 4.13. The van der Waals surface area contributed by atoms with Crippen LogP contribution in [0.15, 0.2) is 0 Å². The smallest absolute Gasteiger partial charge is 0.341 e. The number of aryl methyl sites for hydroxylation is 1. The number of carbonyl (C=O) groups is 5. The summed E-state index contributed by atoms with van der Waals surface area (Å²) in [6.45, 7) is 4.51. The van der Waals surface area contributed by atoms with Gasteiger partial charge < -0.3 is 15.4 Å². The minimum absolute atomic E-state index is 0.0693. The van der Waals surface area contributed by atoms with Crippen LogP contribution in [0.2, 0.25) is 0 Å². The predicted octanol–water partition coefficient (Wildman–Crippen LogP) is 1.29. The normalized spacial score (nSPS) is 13.7. The average molecular weight is 413 g/mol. The molecule has 146 valence electrons. The van der Waals surface area contributed by atoms with Crippen LogP contribution in [0.4, 0.5) is 9.80 Å². The summed E-state index contributed by atoms with van der Waals surface area (Å²) >= 11 is 2.17. The van der Waals surface area contributed by atoms with Gasteiger partial charge in [-0.2, -0.15) is 0 Å². The van der Waals surface area contributed by atoms with Crippen molar-refractivity contribution >= 4 is 57.0 Å². The molecule has 0 saturated carbocycles. The highest BCUT2D eigenvalue weighted by Crippen LogP contribution is 2.32. The Morgan fingerprint density at radius 2 is 1.93 bits per heavy atom. The Bertz CT molecular complexity index is 788. The van der Waals surface area contributed by atoms with E-state index in [4.69, 9.17) is 4.74 Å². The Labute approximate surface area is 163 Å². The molecule has 0 unspecified atom stereocenters. The van der Waals surface area contributed by atoms with Gasteiger partial charge in [-0.05, 0) is 19.4 Å². The number of nitrogens with zero attached hydrogens (tertiary/aromatic N) is 1. The lowest BCUT2D eigenvalue weighted by Gasteiger charge is -2.13. The van der Waals surface area contributed by atoms with E-state index >= 15 is 0 Å².